The molecule has 5 rings (SSSR count). The summed E-state index contributed by atoms with van der Waals surface area (Å²) in [5, 5.41) is 14.4. The van der Waals surface area contributed by atoms with Crippen LogP contribution in [0.4, 0.5) is 25.1 Å². The van der Waals surface area contributed by atoms with Crippen LogP contribution in [0.3, 0.4) is 0 Å². The molecule has 0 saturated carbocycles. The van der Waals surface area contributed by atoms with Crippen LogP contribution in [0, 0.1) is 11.6 Å². The number of primary amides is 1. The van der Waals surface area contributed by atoms with Gasteiger partial charge in [0.2, 0.25) is 11.3 Å². The van der Waals surface area contributed by atoms with E-state index in [1.807, 2.05) is 4.90 Å². The largest absolute Gasteiger partial charge is 0.419 e. The fraction of sp³-hybridized carbons (Fsp3) is 0.381. The van der Waals surface area contributed by atoms with Gasteiger partial charge in [-0.25, -0.2) is 27.6 Å². The molecule has 15 heteroatoms. The van der Waals surface area contributed by atoms with Gasteiger partial charge in [-0.05, 0) is 37.1 Å². The van der Waals surface area contributed by atoms with Crippen LogP contribution in [0.5, 0.6) is 0 Å². The van der Waals surface area contributed by atoms with Gasteiger partial charge in [0.25, 0.3) is 0 Å². The number of aliphatic hydroxyl groups excluding tert-OH is 1. The van der Waals surface area contributed by atoms with E-state index in [4.69, 9.17) is 28.2 Å². The molecule has 5 N–H and O–H groups in total. The van der Waals surface area contributed by atoms with Crippen LogP contribution < -0.4 is 15.1 Å². The number of quaternary nitrogens is 1. The normalized spacial score (nSPS) is 24.1. The van der Waals surface area contributed by atoms with E-state index in [9.17, 15) is 18.7 Å². The third-order valence-electron chi connectivity index (χ3n) is 6.45. The van der Waals surface area contributed by atoms with Gasteiger partial charge in [-0.1, -0.05) is 0 Å². The van der Waals surface area contributed by atoms with Gasteiger partial charge in [-0.15, -0.1) is 0 Å². The molecule has 3 atom stereocenters. The highest BCUT2D eigenvalue weighted by molar-refractivity contribution is 7.79. The number of fused-ring (bicyclic) bond motifs is 1. The summed E-state index contributed by atoms with van der Waals surface area (Å²) in [6.07, 6.45) is 4.59. The highest BCUT2D eigenvalue weighted by atomic mass is 32.3. The zero-order valence-corrected chi connectivity index (χ0v) is 19.7. The monoisotopic (exact) mass is 527 g/mol. The number of likely N-dealkylation sites (tertiary alicyclic amines) is 1. The van der Waals surface area contributed by atoms with Crippen molar-refractivity contribution in [3.05, 3.63) is 53.9 Å². The molecule has 2 aliphatic heterocycles. The molecule has 36 heavy (non-hydrogen) atoms. The summed E-state index contributed by atoms with van der Waals surface area (Å²) in [5.41, 5.74) is 7.02. The molecule has 4 heterocycles. The summed E-state index contributed by atoms with van der Waals surface area (Å²) in [4.78, 5) is 19.1. The Balaban J connectivity index is 0.000000556. The number of aromatic nitrogens is 3. The molecule has 2 aliphatic rings. The van der Waals surface area contributed by atoms with Crippen molar-refractivity contribution in [2.45, 2.75) is 31.4 Å². The van der Waals surface area contributed by atoms with E-state index in [0.717, 1.165) is 18.6 Å². The molecule has 3 aromatic rings. The maximum atomic E-state index is 14.5. The molecule has 1 aromatic carbocycles. The molecule has 1 unspecified atom stereocenters. The van der Waals surface area contributed by atoms with Gasteiger partial charge >= 0.3 is 16.4 Å². The highest BCUT2D eigenvalue weighted by Crippen LogP contribution is 2.38. The summed E-state index contributed by atoms with van der Waals surface area (Å²) in [7, 11) is -4.67. The van der Waals surface area contributed by atoms with Crippen molar-refractivity contribution >= 4 is 33.6 Å². The van der Waals surface area contributed by atoms with Crippen molar-refractivity contribution in [2.24, 2.45) is 5.73 Å². The first-order chi connectivity index (χ1) is 16.9. The molecule has 2 fully saturated rings. The van der Waals surface area contributed by atoms with Gasteiger partial charge in [-0.3, -0.25) is 9.11 Å². The Morgan fingerprint density at radius 1 is 1.19 bits per heavy atom. The van der Waals surface area contributed by atoms with Crippen molar-refractivity contribution in [2.75, 3.05) is 24.5 Å². The van der Waals surface area contributed by atoms with Crippen molar-refractivity contribution in [3.63, 3.8) is 0 Å². The summed E-state index contributed by atoms with van der Waals surface area (Å²) in [6, 6.07) is 4.35. The molecule has 2 amide bonds. The maximum absolute atomic E-state index is 14.5. The standard InChI is InChI=1S/C21H22F2N6O2.H2O4S/c22-13-3-4-16(23)15(10-13)17-2-1-7-27(17)19-5-8-28-20(26-19)18(11-25-28)29(21(24)31)9-6-14(30)12-29;1-5(2,3)4/h3-5,8,10-11,14,17,30H,1-2,6-7,9,12H2,(H-,24,31);(H2,1,2,3,4)/p+1/t14-,17+,29?;/m0./s1. The molecule has 0 spiro atoms. The quantitative estimate of drug-likeness (QED) is 0.293. The van der Waals surface area contributed by atoms with Crippen LogP contribution in [0.15, 0.2) is 36.7 Å². The van der Waals surface area contributed by atoms with Crippen LogP contribution in [0.1, 0.15) is 30.9 Å². The lowest BCUT2D eigenvalue weighted by Crippen LogP contribution is -2.55. The Kier molecular flexibility index (Phi) is 6.94. The zero-order chi connectivity index (χ0) is 26.3. The predicted molar refractivity (Wildman–Crippen MR) is 125 cm³/mol. The minimum Gasteiger partial charge on any atom is -0.387 e. The molecular weight excluding hydrogens is 502 g/mol. The average molecular weight is 528 g/mol. The summed E-state index contributed by atoms with van der Waals surface area (Å²) in [5.74, 6) is -0.346. The molecule has 0 radical (unpaired) electrons. The van der Waals surface area contributed by atoms with Crippen LogP contribution >= 0.6 is 0 Å². The minimum atomic E-state index is -4.67. The molecule has 194 valence electrons. The molecular formula is C21H25F2N6O6S+. The number of urea groups is 1. The van der Waals surface area contributed by atoms with Crippen molar-refractivity contribution in [1.29, 1.82) is 0 Å². The fourth-order valence-corrected chi connectivity index (χ4v) is 4.89. The number of amides is 2. The number of carbonyl (C=O) groups is 1. The number of anilines is 1. The smallest absolute Gasteiger partial charge is 0.387 e. The summed E-state index contributed by atoms with van der Waals surface area (Å²) in [6.45, 7) is 1.18. The second-order valence-corrected chi connectivity index (χ2v) is 9.60. The van der Waals surface area contributed by atoms with Crippen LogP contribution in [0.2, 0.25) is 0 Å². The third-order valence-corrected chi connectivity index (χ3v) is 6.45. The van der Waals surface area contributed by atoms with Crippen LogP contribution in [0.25, 0.3) is 5.65 Å². The van der Waals surface area contributed by atoms with Gasteiger partial charge < -0.3 is 15.7 Å². The maximum Gasteiger partial charge on any atom is 0.419 e. The third kappa shape index (κ3) is 5.15. The predicted octanol–water partition coefficient (Wildman–Crippen LogP) is 1.85. The van der Waals surface area contributed by atoms with Crippen molar-refractivity contribution < 1.29 is 36.2 Å². The first kappa shape index (κ1) is 25.8. The summed E-state index contributed by atoms with van der Waals surface area (Å²) >= 11 is 0. The fourth-order valence-electron chi connectivity index (χ4n) is 4.89. The highest BCUT2D eigenvalue weighted by Gasteiger charge is 2.47. The minimum absolute atomic E-state index is 0.170. The van der Waals surface area contributed by atoms with E-state index in [1.54, 1.807) is 23.0 Å². The van der Waals surface area contributed by atoms with E-state index in [2.05, 4.69) is 5.10 Å². The number of aliphatic hydroxyl groups is 1. The van der Waals surface area contributed by atoms with E-state index in [0.29, 0.717) is 48.6 Å². The molecule has 0 aliphatic carbocycles. The van der Waals surface area contributed by atoms with Gasteiger partial charge in [0.05, 0.1) is 12.6 Å². The van der Waals surface area contributed by atoms with Gasteiger partial charge in [-0.2, -0.15) is 13.5 Å². The lowest BCUT2D eigenvalue weighted by molar-refractivity contribution is 0.176. The molecule has 12 nitrogen and oxygen atoms in total. The number of hydrogen-bond donors (Lipinski definition) is 4. The Bertz CT molecular complexity index is 1390. The number of halogens is 2. The zero-order valence-electron chi connectivity index (χ0n) is 18.9. The molecule has 2 saturated heterocycles. The van der Waals surface area contributed by atoms with Crippen molar-refractivity contribution in [3.8, 4) is 0 Å². The molecule has 0 bridgehead atoms. The molecule has 2 aromatic heterocycles. The second kappa shape index (κ2) is 9.67. The van der Waals surface area contributed by atoms with Crippen molar-refractivity contribution in [1.82, 2.24) is 19.1 Å². The Morgan fingerprint density at radius 3 is 2.56 bits per heavy atom. The number of hydrogen-bond acceptors (Lipinski definition) is 7. The summed E-state index contributed by atoms with van der Waals surface area (Å²) < 4.78 is 61.2. The van der Waals surface area contributed by atoms with Gasteiger partial charge in [0, 0.05) is 24.7 Å². The first-order valence-electron chi connectivity index (χ1n) is 11.0. The Labute approximate surface area is 204 Å². The van der Waals surface area contributed by atoms with E-state index in [-0.39, 0.29) is 17.1 Å². The second-order valence-electron chi connectivity index (χ2n) is 8.70. The Morgan fingerprint density at radius 2 is 1.92 bits per heavy atom. The number of nitrogens with two attached hydrogens (primary N) is 1. The topological polar surface area (TPSA) is 171 Å². The van der Waals surface area contributed by atoms with E-state index < -0.39 is 34.2 Å². The number of benzene rings is 1. The Hall–Kier alpha value is -3.24. The van der Waals surface area contributed by atoms with Crippen LogP contribution in [-0.2, 0) is 10.4 Å². The van der Waals surface area contributed by atoms with E-state index >= 15 is 0 Å². The average Bonchev–Trinajstić information content (AvgIpc) is 3.52. The van der Waals surface area contributed by atoms with Gasteiger partial charge in [0.15, 0.2) is 0 Å². The van der Waals surface area contributed by atoms with Gasteiger partial charge in [0.1, 0.15) is 36.3 Å². The van der Waals surface area contributed by atoms with E-state index in [1.165, 1.54) is 6.07 Å². The SMILES string of the molecule is NC(=O)[N+]1(c2cnn3ccc(N4CCC[C@@H]4c4cc(F)ccc4F)nc23)CC[C@H](O)C1.O=S(=O)(O)O. The number of carbonyl (C=O) groups excluding carboxylic acids is 1. The van der Waals surface area contributed by atoms with Crippen LogP contribution in [-0.4, -0.2) is 69.0 Å². The number of rotatable bonds is 3. The lowest BCUT2D eigenvalue weighted by atomic mass is 10.0. The first-order valence-corrected chi connectivity index (χ1v) is 12.4. The lowest BCUT2D eigenvalue weighted by Gasteiger charge is -2.28. The number of nitrogens with zero attached hydrogens (tertiary/aromatic N) is 5.